The summed E-state index contributed by atoms with van der Waals surface area (Å²) in [5, 5.41) is 12.8. The smallest absolute Gasteiger partial charge is 0.0992 e. The van der Waals surface area contributed by atoms with E-state index in [0.717, 1.165) is 11.6 Å². The zero-order chi connectivity index (χ0) is 11.5. The monoisotopic (exact) mass is 234 g/mol. The average Bonchev–Trinajstić information content (AvgIpc) is 2.18. The molecule has 1 atom stereocenters. The van der Waals surface area contributed by atoms with E-state index in [1.165, 1.54) is 19.3 Å². The van der Waals surface area contributed by atoms with Gasteiger partial charge in [-0.3, -0.25) is 0 Å². The van der Waals surface area contributed by atoms with Gasteiger partial charge in [0.25, 0.3) is 0 Å². The van der Waals surface area contributed by atoms with Crippen LogP contribution < -0.4 is 5.32 Å². The highest BCUT2D eigenvalue weighted by molar-refractivity contribution is 6.33. The Balaban J connectivity index is 2.06. The maximum Gasteiger partial charge on any atom is 0.0992 e. The van der Waals surface area contributed by atoms with E-state index in [9.17, 15) is 0 Å². The topological polar surface area (TPSA) is 35.8 Å². The molecule has 16 heavy (non-hydrogen) atoms. The van der Waals surface area contributed by atoms with Crippen molar-refractivity contribution in [3.05, 3.63) is 28.8 Å². The molecule has 1 aliphatic rings. The van der Waals surface area contributed by atoms with Gasteiger partial charge in [-0.25, -0.2) is 0 Å². The number of nitriles is 1. The summed E-state index contributed by atoms with van der Waals surface area (Å²) >= 11 is 6.10. The fourth-order valence-electron chi connectivity index (χ4n) is 2.00. The van der Waals surface area contributed by atoms with Gasteiger partial charge < -0.3 is 5.32 Å². The lowest BCUT2D eigenvalue weighted by atomic mass is 9.80. The Bertz CT molecular complexity index is 418. The van der Waals surface area contributed by atoms with Gasteiger partial charge in [-0.15, -0.1) is 0 Å². The Morgan fingerprint density at radius 2 is 2.25 bits per heavy atom. The van der Waals surface area contributed by atoms with E-state index in [1.807, 2.05) is 6.07 Å². The fourth-order valence-corrected chi connectivity index (χ4v) is 2.24. The zero-order valence-corrected chi connectivity index (χ0v) is 10.1. The second kappa shape index (κ2) is 4.76. The molecule has 1 N–H and O–H groups in total. The number of nitrogens with one attached hydrogen (secondary N) is 1. The molecule has 84 valence electrons. The number of hydrogen-bond acceptors (Lipinski definition) is 2. The first kappa shape index (κ1) is 11.3. The van der Waals surface area contributed by atoms with Crippen molar-refractivity contribution >= 4 is 17.3 Å². The van der Waals surface area contributed by atoms with Crippen LogP contribution in [0.15, 0.2) is 18.2 Å². The fraction of sp³-hybridized carbons (Fsp3) is 0.462. The predicted octanol–water partition coefficient (Wildman–Crippen LogP) is 3.81. The van der Waals surface area contributed by atoms with E-state index in [-0.39, 0.29) is 0 Å². The number of nitrogens with zero attached hydrogens (tertiary/aromatic N) is 1. The molecule has 2 nitrogen and oxygen atoms in total. The van der Waals surface area contributed by atoms with Crippen LogP contribution in [0.2, 0.25) is 5.02 Å². The van der Waals surface area contributed by atoms with Crippen LogP contribution in [0.1, 0.15) is 31.7 Å². The van der Waals surface area contributed by atoms with E-state index in [0.29, 0.717) is 16.6 Å². The van der Waals surface area contributed by atoms with Gasteiger partial charge in [0.15, 0.2) is 0 Å². The summed E-state index contributed by atoms with van der Waals surface area (Å²) in [7, 11) is 0. The van der Waals surface area contributed by atoms with E-state index in [4.69, 9.17) is 16.9 Å². The third-order valence-corrected chi connectivity index (χ3v) is 3.65. The first-order valence-corrected chi connectivity index (χ1v) is 6.04. The van der Waals surface area contributed by atoms with Crippen LogP contribution in [0.4, 0.5) is 5.69 Å². The molecule has 0 amide bonds. The van der Waals surface area contributed by atoms with Crippen LogP contribution in [0.5, 0.6) is 0 Å². The highest BCUT2D eigenvalue weighted by Crippen LogP contribution is 2.32. The molecule has 0 saturated heterocycles. The first-order chi connectivity index (χ1) is 7.70. The van der Waals surface area contributed by atoms with Crippen LogP contribution in [-0.4, -0.2) is 6.04 Å². The van der Waals surface area contributed by atoms with E-state index < -0.39 is 0 Å². The van der Waals surface area contributed by atoms with E-state index >= 15 is 0 Å². The molecule has 1 aromatic carbocycles. The second-order valence-electron chi connectivity index (χ2n) is 4.43. The largest absolute Gasteiger partial charge is 0.381 e. The van der Waals surface area contributed by atoms with Crippen molar-refractivity contribution in [2.75, 3.05) is 5.32 Å². The van der Waals surface area contributed by atoms with Crippen molar-refractivity contribution in [1.29, 1.82) is 5.26 Å². The summed E-state index contributed by atoms with van der Waals surface area (Å²) in [6.45, 7) is 2.19. The van der Waals surface area contributed by atoms with Crippen LogP contribution in [0.3, 0.4) is 0 Å². The summed E-state index contributed by atoms with van der Waals surface area (Å²) in [4.78, 5) is 0. The van der Waals surface area contributed by atoms with Gasteiger partial charge in [-0.1, -0.05) is 18.0 Å². The van der Waals surface area contributed by atoms with Gasteiger partial charge in [0.05, 0.1) is 22.3 Å². The lowest BCUT2D eigenvalue weighted by molar-refractivity contribution is 0.285. The highest BCUT2D eigenvalue weighted by Gasteiger charge is 2.23. The van der Waals surface area contributed by atoms with Crippen molar-refractivity contribution in [2.24, 2.45) is 5.92 Å². The van der Waals surface area contributed by atoms with Gasteiger partial charge in [0, 0.05) is 6.04 Å². The molecule has 1 aliphatic carbocycles. The molecular formula is C13H15ClN2. The molecule has 0 spiro atoms. The van der Waals surface area contributed by atoms with Gasteiger partial charge >= 0.3 is 0 Å². The maximum atomic E-state index is 8.74. The second-order valence-corrected chi connectivity index (χ2v) is 4.84. The number of anilines is 1. The molecular weight excluding hydrogens is 220 g/mol. The van der Waals surface area contributed by atoms with Gasteiger partial charge in [0.1, 0.15) is 0 Å². The van der Waals surface area contributed by atoms with Gasteiger partial charge in [-0.2, -0.15) is 5.26 Å². The van der Waals surface area contributed by atoms with E-state index in [2.05, 4.69) is 18.3 Å². The summed E-state index contributed by atoms with van der Waals surface area (Å²) in [5.41, 5.74) is 1.53. The molecule has 0 radical (unpaired) electrons. The minimum atomic E-state index is 0.458. The zero-order valence-electron chi connectivity index (χ0n) is 9.33. The van der Waals surface area contributed by atoms with Crippen LogP contribution in [-0.2, 0) is 0 Å². The van der Waals surface area contributed by atoms with Crippen molar-refractivity contribution in [1.82, 2.24) is 0 Å². The standard InChI is InChI=1S/C13H15ClN2/c1-9(11-3-2-4-11)16-13-6-5-10(8-15)7-12(13)14/h5-7,9,11,16H,2-4H2,1H3. The molecule has 2 rings (SSSR count). The van der Waals surface area contributed by atoms with Gasteiger partial charge in [-0.05, 0) is 43.9 Å². The summed E-state index contributed by atoms with van der Waals surface area (Å²) < 4.78 is 0. The highest BCUT2D eigenvalue weighted by atomic mass is 35.5. The molecule has 0 bridgehead atoms. The lowest BCUT2D eigenvalue weighted by Crippen LogP contribution is -2.30. The number of halogens is 1. The molecule has 0 aromatic heterocycles. The minimum absolute atomic E-state index is 0.458. The Kier molecular flexibility index (Phi) is 3.36. The van der Waals surface area contributed by atoms with Crippen molar-refractivity contribution in [3.8, 4) is 6.07 Å². The molecule has 1 unspecified atom stereocenters. The summed E-state index contributed by atoms with van der Waals surface area (Å²) in [6, 6.07) is 7.92. The number of benzene rings is 1. The first-order valence-electron chi connectivity index (χ1n) is 5.67. The van der Waals surface area contributed by atoms with Crippen molar-refractivity contribution < 1.29 is 0 Å². The Labute approximate surface area is 101 Å². The lowest BCUT2D eigenvalue weighted by Gasteiger charge is -2.32. The van der Waals surface area contributed by atoms with Crippen LogP contribution in [0.25, 0.3) is 0 Å². The SMILES string of the molecule is CC(Nc1ccc(C#N)cc1Cl)C1CCC1. The van der Waals surface area contributed by atoms with Crippen molar-refractivity contribution in [2.45, 2.75) is 32.2 Å². The van der Waals surface area contributed by atoms with Crippen molar-refractivity contribution in [3.63, 3.8) is 0 Å². The number of rotatable bonds is 3. The Hall–Kier alpha value is -1.20. The van der Waals surface area contributed by atoms with Gasteiger partial charge in [0.2, 0.25) is 0 Å². The molecule has 0 heterocycles. The minimum Gasteiger partial charge on any atom is -0.381 e. The Morgan fingerprint density at radius 3 is 2.75 bits per heavy atom. The Morgan fingerprint density at radius 1 is 1.50 bits per heavy atom. The number of hydrogen-bond donors (Lipinski definition) is 1. The molecule has 3 heteroatoms. The molecule has 1 saturated carbocycles. The molecule has 1 fully saturated rings. The van der Waals surface area contributed by atoms with Crippen LogP contribution in [0, 0.1) is 17.2 Å². The molecule has 0 aliphatic heterocycles. The normalized spacial score (nSPS) is 17.3. The third kappa shape index (κ3) is 2.31. The maximum absolute atomic E-state index is 8.74. The summed E-state index contributed by atoms with van der Waals surface area (Å²) in [5.74, 6) is 0.770. The third-order valence-electron chi connectivity index (χ3n) is 3.34. The quantitative estimate of drug-likeness (QED) is 0.863. The van der Waals surface area contributed by atoms with Crippen LogP contribution >= 0.6 is 11.6 Å². The predicted molar refractivity (Wildman–Crippen MR) is 66.6 cm³/mol. The molecule has 1 aromatic rings. The average molecular weight is 235 g/mol. The van der Waals surface area contributed by atoms with E-state index in [1.54, 1.807) is 12.1 Å². The summed E-state index contributed by atoms with van der Waals surface area (Å²) in [6.07, 6.45) is 3.96.